The number of phenols is 1. The van der Waals surface area contributed by atoms with Crippen LogP contribution in [0.4, 0.5) is 8.78 Å². The van der Waals surface area contributed by atoms with Gasteiger partial charge in [0.2, 0.25) is 5.92 Å². The minimum atomic E-state index is -2.53. The zero-order valence-corrected chi connectivity index (χ0v) is 7.93. The van der Waals surface area contributed by atoms with Crippen molar-refractivity contribution >= 4 is 0 Å². The second-order valence-corrected chi connectivity index (χ2v) is 4.02. The van der Waals surface area contributed by atoms with Gasteiger partial charge >= 0.3 is 0 Å². The molecule has 1 aliphatic rings. The largest absolute Gasteiger partial charge is 0.508 e. The van der Waals surface area contributed by atoms with Crippen LogP contribution in [0.15, 0.2) is 18.2 Å². The summed E-state index contributed by atoms with van der Waals surface area (Å²) in [5.74, 6) is -2.56. The molecule has 3 heteroatoms. The molecule has 1 saturated carbocycles. The number of benzene rings is 1. The van der Waals surface area contributed by atoms with E-state index in [1.165, 1.54) is 0 Å². The molecule has 1 aromatic rings. The second-order valence-electron chi connectivity index (χ2n) is 4.02. The molecule has 0 aromatic heterocycles. The van der Waals surface area contributed by atoms with Crippen LogP contribution in [-0.2, 0) is 0 Å². The smallest absolute Gasteiger partial charge is 0.249 e. The number of hydrogen-bond donors (Lipinski definition) is 1. The number of phenolic OH excluding ortho intramolecular Hbond substituents is 1. The van der Waals surface area contributed by atoms with E-state index < -0.39 is 5.92 Å². The van der Waals surface area contributed by atoms with E-state index >= 15 is 0 Å². The number of aryl methyl sites for hydroxylation is 1. The summed E-state index contributed by atoms with van der Waals surface area (Å²) in [6.07, 6.45) is -0.271. The van der Waals surface area contributed by atoms with Gasteiger partial charge in [0, 0.05) is 12.8 Å². The molecule has 1 aromatic carbocycles. The summed E-state index contributed by atoms with van der Waals surface area (Å²) in [5, 5.41) is 9.55. The van der Waals surface area contributed by atoms with Crippen molar-refractivity contribution in [1.82, 2.24) is 0 Å². The van der Waals surface area contributed by atoms with Gasteiger partial charge in [0.25, 0.3) is 0 Å². The van der Waals surface area contributed by atoms with Crippen LogP contribution in [0.1, 0.15) is 29.9 Å². The summed E-state index contributed by atoms with van der Waals surface area (Å²) in [7, 11) is 0. The lowest BCUT2D eigenvalue weighted by Crippen LogP contribution is -2.33. The zero-order valence-electron chi connectivity index (χ0n) is 7.93. The van der Waals surface area contributed by atoms with Gasteiger partial charge in [-0.3, -0.25) is 0 Å². The molecule has 0 spiro atoms. The van der Waals surface area contributed by atoms with Crippen LogP contribution in [-0.4, -0.2) is 11.0 Å². The number of halogens is 2. The molecule has 1 fully saturated rings. The van der Waals surface area contributed by atoms with Crippen molar-refractivity contribution in [1.29, 1.82) is 0 Å². The third-order valence-corrected chi connectivity index (χ3v) is 2.72. The van der Waals surface area contributed by atoms with Gasteiger partial charge in [0.1, 0.15) is 5.75 Å². The van der Waals surface area contributed by atoms with E-state index in [4.69, 9.17) is 0 Å². The third-order valence-electron chi connectivity index (χ3n) is 2.72. The topological polar surface area (TPSA) is 20.2 Å². The van der Waals surface area contributed by atoms with Crippen LogP contribution >= 0.6 is 0 Å². The molecule has 1 aliphatic carbocycles. The highest BCUT2D eigenvalue weighted by Crippen LogP contribution is 2.50. The Kier molecular flexibility index (Phi) is 1.98. The number of hydrogen-bond acceptors (Lipinski definition) is 1. The van der Waals surface area contributed by atoms with Crippen molar-refractivity contribution in [2.45, 2.75) is 31.6 Å². The lowest BCUT2D eigenvalue weighted by Gasteiger charge is -2.35. The van der Waals surface area contributed by atoms with Crippen molar-refractivity contribution in [3.05, 3.63) is 29.3 Å². The molecule has 0 amide bonds. The molecular weight excluding hydrogens is 186 g/mol. The van der Waals surface area contributed by atoms with E-state index in [0.29, 0.717) is 5.56 Å². The maximum atomic E-state index is 12.6. The normalized spacial score (nSPS) is 20.5. The maximum absolute atomic E-state index is 12.6. The molecule has 1 N–H and O–H groups in total. The Hall–Kier alpha value is -1.12. The first-order valence-electron chi connectivity index (χ1n) is 4.65. The lowest BCUT2D eigenvalue weighted by molar-refractivity contribution is -0.0870. The monoisotopic (exact) mass is 198 g/mol. The first kappa shape index (κ1) is 9.44. The van der Waals surface area contributed by atoms with Gasteiger partial charge in [-0.05, 0) is 30.0 Å². The van der Waals surface area contributed by atoms with Crippen molar-refractivity contribution in [2.75, 3.05) is 0 Å². The number of aromatic hydroxyl groups is 1. The van der Waals surface area contributed by atoms with Crippen LogP contribution in [0.25, 0.3) is 0 Å². The average molecular weight is 198 g/mol. The Morgan fingerprint density at radius 3 is 2.50 bits per heavy atom. The predicted octanol–water partition coefficient (Wildman–Crippen LogP) is 3.21. The number of rotatable bonds is 1. The van der Waals surface area contributed by atoms with Gasteiger partial charge in [-0.25, -0.2) is 8.78 Å². The molecule has 0 heterocycles. The zero-order chi connectivity index (χ0) is 10.3. The van der Waals surface area contributed by atoms with Crippen LogP contribution in [0.5, 0.6) is 5.75 Å². The minimum absolute atomic E-state index is 0.135. The van der Waals surface area contributed by atoms with E-state index in [1.54, 1.807) is 12.1 Å². The molecule has 0 radical (unpaired) electrons. The Labute approximate surface area is 81.4 Å². The van der Waals surface area contributed by atoms with E-state index in [1.807, 2.05) is 13.0 Å². The molecular formula is C11H12F2O. The summed E-state index contributed by atoms with van der Waals surface area (Å²) < 4.78 is 25.2. The highest BCUT2D eigenvalue weighted by molar-refractivity contribution is 5.39. The Bertz CT molecular complexity index is 352. The van der Waals surface area contributed by atoms with Crippen molar-refractivity contribution in [3.8, 4) is 5.75 Å². The average Bonchev–Trinajstić information content (AvgIpc) is 2.00. The van der Waals surface area contributed by atoms with Gasteiger partial charge < -0.3 is 5.11 Å². The molecule has 2 rings (SSSR count). The van der Waals surface area contributed by atoms with Gasteiger partial charge in [0.15, 0.2) is 0 Å². The SMILES string of the molecule is Cc1ccc(C2CC(F)(F)C2)c(O)c1. The molecule has 0 aliphatic heterocycles. The molecule has 0 unspecified atom stereocenters. The fourth-order valence-electron chi connectivity index (χ4n) is 1.88. The predicted molar refractivity (Wildman–Crippen MR) is 49.8 cm³/mol. The van der Waals surface area contributed by atoms with Crippen molar-refractivity contribution in [2.24, 2.45) is 0 Å². The first-order chi connectivity index (χ1) is 6.48. The van der Waals surface area contributed by atoms with E-state index in [-0.39, 0.29) is 24.5 Å². The molecule has 76 valence electrons. The van der Waals surface area contributed by atoms with Crippen LogP contribution < -0.4 is 0 Å². The first-order valence-corrected chi connectivity index (χ1v) is 4.65. The molecule has 0 saturated heterocycles. The standard InChI is InChI=1S/C11H12F2O/c1-7-2-3-9(10(14)4-7)8-5-11(12,13)6-8/h2-4,8,14H,5-6H2,1H3. The Morgan fingerprint density at radius 1 is 1.36 bits per heavy atom. The number of alkyl halides is 2. The minimum Gasteiger partial charge on any atom is -0.508 e. The Balaban J connectivity index is 2.19. The van der Waals surface area contributed by atoms with Crippen LogP contribution in [0, 0.1) is 6.92 Å². The van der Waals surface area contributed by atoms with E-state index in [9.17, 15) is 13.9 Å². The molecule has 1 nitrogen and oxygen atoms in total. The van der Waals surface area contributed by atoms with Crippen molar-refractivity contribution < 1.29 is 13.9 Å². The van der Waals surface area contributed by atoms with Gasteiger partial charge in [-0.15, -0.1) is 0 Å². The van der Waals surface area contributed by atoms with E-state index in [0.717, 1.165) is 5.56 Å². The van der Waals surface area contributed by atoms with Crippen molar-refractivity contribution in [3.63, 3.8) is 0 Å². The summed E-state index contributed by atoms with van der Waals surface area (Å²) in [5.41, 5.74) is 1.60. The summed E-state index contributed by atoms with van der Waals surface area (Å²) >= 11 is 0. The fraction of sp³-hybridized carbons (Fsp3) is 0.455. The maximum Gasteiger partial charge on any atom is 0.249 e. The molecule has 0 bridgehead atoms. The van der Waals surface area contributed by atoms with Gasteiger partial charge in [-0.2, -0.15) is 0 Å². The van der Waals surface area contributed by atoms with Crippen LogP contribution in [0.3, 0.4) is 0 Å². The molecule has 0 atom stereocenters. The van der Waals surface area contributed by atoms with Gasteiger partial charge in [0.05, 0.1) is 0 Å². The quantitative estimate of drug-likeness (QED) is 0.734. The molecule has 14 heavy (non-hydrogen) atoms. The summed E-state index contributed by atoms with van der Waals surface area (Å²) in [6, 6.07) is 5.20. The highest BCUT2D eigenvalue weighted by Gasteiger charge is 2.46. The van der Waals surface area contributed by atoms with Crippen LogP contribution in [0.2, 0.25) is 0 Å². The second kappa shape index (κ2) is 2.94. The Morgan fingerprint density at radius 2 is 2.00 bits per heavy atom. The lowest BCUT2D eigenvalue weighted by atomic mass is 9.76. The third kappa shape index (κ3) is 1.59. The summed E-state index contributed by atoms with van der Waals surface area (Å²) in [4.78, 5) is 0. The highest BCUT2D eigenvalue weighted by atomic mass is 19.3. The van der Waals surface area contributed by atoms with E-state index in [2.05, 4.69) is 0 Å². The summed E-state index contributed by atoms with van der Waals surface area (Å²) in [6.45, 7) is 1.86. The van der Waals surface area contributed by atoms with Gasteiger partial charge in [-0.1, -0.05) is 12.1 Å². The fourth-order valence-corrected chi connectivity index (χ4v) is 1.88.